The zero-order valence-corrected chi connectivity index (χ0v) is 30.8. The van der Waals surface area contributed by atoms with Crippen molar-refractivity contribution in [2.75, 3.05) is 81.9 Å². The van der Waals surface area contributed by atoms with Crippen molar-refractivity contribution in [1.82, 2.24) is 24.7 Å². The molecule has 4 saturated heterocycles. The summed E-state index contributed by atoms with van der Waals surface area (Å²) in [7, 11) is 0. The van der Waals surface area contributed by atoms with Crippen LogP contribution in [0.5, 0.6) is 6.01 Å². The van der Waals surface area contributed by atoms with E-state index >= 15 is 0 Å². The number of fused-ring (bicyclic) bond motifs is 3. The molecule has 0 aliphatic carbocycles. The summed E-state index contributed by atoms with van der Waals surface area (Å²) in [5.41, 5.74) is 3.49. The highest BCUT2D eigenvalue weighted by Gasteiger charge is 2.45. The lowest BCUT2D eigenvalue weighted by Gasteiger charge is -2.38. The summed E-state index contributed by atoms with van der Waals surface area (Å²) < 4.78 is 6.57. The van der Waals surface area contributed by atoms with E-state index in [1.165, 1.54) is 70.5 Å². The van der Waals surface area contributed by atoms with Crippen LogP contribution in [0.1, 0.15) is 63.1 Å². The van der Waals surface area contributed by atoms with Crippen LogP contribution in [-0.2, 0) is 17.8 Å². The Labute approximate surface area is 307 Å². The maximum Gasteiger partial charge on any atom is 0.318 e. The van der Waals surface area contributed by atoms with Gasteiger partial charge in [0.2, 0.25) is 5.91 Å². The first kappa shape index (κ1) is 35.5. The molecule has 2 aromatic carbocycles. The molecule has 8 rings (SSSR count). The Morgan fingerprint density at radius 1 is 0.922 bits per heavy atom. The zero-order valence-electron chi connectivity index (χ0n) is 30.0. The van der Waals surface area contributed by atoms with Gasteiger partial charge < -0.3 is 19.4 Å². The van der Waals surface area contributed by atoms with Crippen molar-refractivity contribution in [3.63, 3.8) is 0 Å². The number of likely N-dealkylation sites (tertiary alicyclic amines) is 1. The first-order valence-electron chi connectivity index (χ1n) is 18.9. The van der Waals surface area contributed by atoms with Gasteiger partial charge >= 0.3 is 6.01 Å². The number of aromatic nitrogens is 2. The molecule has 0 radical (unpaired) electrons. The van der Waals surface area contributed by atoms with E-state index in [9.17, 15) is 4.79 Å². The van der Waals surface area contributed by atoms with Crippen molar-refractivity contribution in [1.29, 1.82) is 5.26 Å². The molecule has 1 aromatic heterocycles. The average molecular weight is 711 g/mol. The van der Waals surface area contributed by atoms with E-state index in [0.29, 0.717) is 32.3 Å². The van der Waals surface area contributed by atoms with Gasteiger partial charge in [-0.15, -0.1) is 0 Å². The molecule has 5 aliphatic rings. The molecule has 0 spiro atoms. The second kappa shape index (κ2) is 16.2. The largest absolute Gasteiger partial charge is 0.461 e. The SMILES string of the molecule is CC#N.O=C(/C=C/CN1CCCCC1)N1CCN(c2nc(OCC34CCCN3CCC4)nc3c2CCN(c2cccc4cccc(Cl)c24)C3)CC1. The Bertz CT molecular complexity index is 1750. The molecule has 0 bridgehead atoms. The Balaban J connectivity index is 0.00000131. The van der Waals surface area contributed by atoms with Gasteiger partial charge in [-0.25, -0.2) is 0 Å². The topological polar surface area (TPSA) is 92.1 Å². The number of piperazine rings is 1. The molecule has 11 heteroatoms. The first-order chi connectivity index (χ1) is 25.0. The third kappa shape index (κ3) is 7.81. The molecule has 0 N–H and O–H groups in total. The summed E-state index contributed by atoms with van der Waals surface area (Å²) in [4.78, 5) is 35.1. The highest BCUT2D eigenvalue weighted by molar-refractivity contribution is 6.36. The Morgan fingerprint density at radius 3 is 2.39 bits per heavy atom. The van der Waals surface area contributed by atoms with Crippen LogP contribution in [0.2, 0.25) is 5.02 Å². The molecule has 0 unspecified atom stereocenters. The number of carbonyl (C=O) groups is 1. The minimum atomic E-state index is 0.113. The lowest BCUT2D eigenvalue weighted by atomic mass is 9.95. The van der Waals surface area contributed by atoms with E-state index in [2.05, 4.69) is 49.9 Å². The second-order valence-electron chi connectivity index (χ2n) is 14.5. The quantitative estimate of drug-likeness (QED) is 0.258. The average Bonchev–Trinajstić information content (AvgIpc) is 3.75. The lowest BCUT2D eigenvalue weighted by Crippen LogP contribution is -2.49. The van der Waals surface area contributed by atoms with Crippen molar-refractivity contribution < 1.29 is 9.53 Å². The van der Waals surface area contributed by atoms with Crippen molar-refractivity contribution in [2.24, 2.45) is 0 Å². The number of hydrogen-bond acceptors (Lipinski definition) is 9. The minimum absolute atomic E-state index is 0.113. The van der Waals surface area contributed by atoms with Gasteiger partial charge in [-0.3, -0.25) is 14.6 Å². The number of benzene rings is 2. The van der Waals surface area contributed by atoms with Gasteiger partial charge in [0, 0.05) is 68.9 Å². The summed E-state index contributed by atoms with van der Waals surface area (Å²) in [6, 6.07) is 14.7. The van der Waals surface area contributed by atoms with Gasteiger partial charge in [-0.05, 0) is 88.6 Å². The normalized spacial score (nSPS) is 20.5. The molecule has 1 amide bonds. The fourth-order valence-electron chi connectivity index (χ4n) is 8.81. The van der Waals surface area contributed by atoms with E-state index in [1.54, 1.807) is 12.1 Å². The van der Waals surface area contributed by atoms with Crippen molar-refractivity contribution >= 4 is 39.8 Å². The van der Waals surface area contributed by atoms with Crippen LogP contribution in [0, 0.1) is 11.3 Å². The van der Waals surface area contributed by atoms with Gasteiger partial charge in [0.15, 0.2) is 0 Å². The summed E-state index contributed by atoms with van der Waals surface area (Å²) >= 11 is 6.76. The summed E-state index contributed by atoms with van der Waals surface area (Å²) in [5, 5.41) is 10.3. The molecule has 10 nitrogen and oxygen atoms in total. The standard InChI is InChI=1S/C38H48ClN7O2.C2H3N/c39-31-11-4-9-29-10-5-12-33(35(29)31)45-22-14-30-32(27-45)40-37(48-28-38-15-7-20-46(38)21-8-16-38)41-36(30)44-25-23-43(24-26-44)34(47)13-6-19-42-17-2-1-3-18-42;1-2-3/h4-6,9-13H,1-3,7-8,14-28H2;1H3/b13-6+;. The third-order valence-electron chi connectivity index (χ3n) is 11.4. The molecule has 3 aromatic rings. The third-order valence-corrected chi connectivity index (χ3v) is 11.8. The van der Waals surface area contributed by atoms with Gasteiger partial charge in [0.1, 0.15) is 12.4 Å². The number of amides is 1. The van der Waals surface area contributed by atoms with Crippen molar-refractivity contribution in [3.05, 3.63) is 64.8 Å². The number of ether oxygens (including phenoxy) is 1. The molecule has 5 aliphatic heterocycles. The Morgan fingerprint density at radius 2 is 1.65 bits per heavy atom. The molecule has 4 fully saturated rings. The highest BCUT2D eigenvalue weighted by atomic mass is 35.5. The van der Waals surface area contributed by atoms with Crippen LogP contribution < -0.4 is 14.5 Å². The maximum absolute atomic E-state index is 13.1. The molecule has 0 saturated carbocycles. The van der Waals surface area contributed by atoms with Crippen LogP contribution in [-0.4, -0.2) is 108 Å². The van der Waals surface area contributed by atoms with Crippen LogP contribution in [0.3, 0.4) is 0 Å². The van der Waals surface area contributed by atoms with Gasteiger partial charge in [-0.2, -0.15) is 15.2 Å². The predicted molar refractivity (Wildman–Crippen MR) is 204 cm³/mol. The second-order valence-corrected chi connectivity index (χ2v) is 15.0. The number of rotatable bonds is 8. The lowest BCUT2D eigenvalue weighted by molar-refractivity contribution is -0.126. The number of hydrogen-bond donors (Lipinski definition) is 0. The van der Waals surface area contributed by atoms with Crippen LogP contribution >= 0.6 is 11.6 Å². The van der Waals surface area contributed by atoms with E-state index in [-0.39, 0.29) is 11.4 Å². The van der Waals surface area contributed by atoms with Gasteiger partial charge in [0.25, 0.3) is 0 Å². The summed E-state index contributed by atoms with van der Waals surface area (Å²) in [5.74, 6) is 1.09. The highest BCUT2D eigenvalue weighted by Crippen LogP contribution is 2.40. The van der Waals surface area contributed by atoms with E-state index in [4.69, 9.17) is 31.6 Å². The van der Waals surface area contributed by atoms with Crippen molar-refractivity contribution in [3.8, 4) is 12.1 Å². The summed E-state index contributed by atoms with van der Waals surface area (Å²) in [6.07, 6.45) is 13.4. The fourth-order valence-corrected chi connectivity index (χ4v) is 9.09. The molecular formula is C40H51ClN8O2. The smallest absolute Gasteiger partial charge is 0.318 e. The number of piperidine rings is 1. The van der Waals surface area contributed by atoms with E-state index in [1.807, 2.05) is 17.0 Å². The predicted octanol–water partition coefficient (Wildman–Crippen LogP) is 6.07. The molecule has 0 atom stereocenters. The van der Waals surface area contributed by atoms with Crippen LogP contribution in [0.15, 0.2) is 48.6 Å². The van der Waals surface area contributed by atoms with Crippen molar-refractivity contribution in [2.45, 2.75) is 70.4 Å². The van der Waals surface area contributed by atoms with E-state index in [0.717, 1.165) is 78.7 Å². The number of carbonyl (C=O) groups excluding carboxylic acids is 1. The zero-order chi connectivity index (χ0) is 35.2. The molecule has 51 heavy (non-hydrogen) atoms. The summed E-state index contributed by atoms with van der Waals surface area (Å²) in [6.45, 7) is 11.9. The number of nitriles is 1. The monoisotopic (exact) mass is 710 g/mol. The van der Waals surface area contributed by atoms with Gasteiger partial charge in [0.05, 0.1) is 28.9 Å². The first-order valence-corrected chi connectivity index (χ1v) is 19.3. The number of nitrogens with zero attached hydrogens (tertiary/aromatic N) is 8. The van der Waals surface area contributed by atoms with Crippen LogP contribution in [0.4, 0.5) is 11.5 Å². The van der Waals surface area contributed by atoms with E-state index < -0.39 is 0 Å². The minimum Gasteiger partial charge on any atom is -0.461 e. The Hall–Kier alpha value is -3.91. The number of anilines is 2. The number of halogens is 1. The molecule has 270 valence electrons. The van der Waals surface area contributed by atoms with Crippen LogP contribution in [0.25, 0.3) is 10.8 Å². The molecule has 6 heterocycles. The Kier molecular flexibility index (Phi) is 11.3. The fraction of sp³-hybridized carbons (Fsp3) is 0.550. The van der Waals surface area contributed by atoms with Gasteiger partial charge in [-0.1, -0.05) is 48.4 Å². The molecular weight excluding hydrogens is 660 g/mol. The maximum atomic E-state index is 13.1.